The summed E-state index contributed by atoms with van der Waals surface area (Å²) in [5.41, 5.74) is 1.90. The fourth-order valence-corrected chi connectivity index (χ4v) is 2.85. The zero-order valence-corrected chi connectivity index (χ0v) is 11.5. The highest BCUT2D eigenvalue weighted by molar-refractivity contribution is 7.07. The van der Waals surface area contributed by atoms with Crippen molar-refractivity contribution in [2.45, 2.75) is 6.54 Å². The molecule has 1 aliphatic heterocycles. The Labute approximate surface area is 118 Å². The van der Waals surface area contributed by atoms with E-state index in [1.807, 2.05) is 16.8 Å². The molecule has 1 aromatic carbocycles. The van der Waals surface area contributed by atoms with Gasteiger partial charge in [-0.1, -0.05) is 0 Å². The lowest BCUT2D eigenvalue weighted by atomic mass is 10.1. The molecule has 0 spiro atoms. The van der Waals surface area contributed by atoms with E-state index in [0.29, 0.717) is 17.9 Å². The van der Waals surface area contributed by atoms with Gasteiger partial charge in [0.2, 0.25) is 0 Å². The molecule has 3 rings (SSSR count). The maximum Gasteiger partial charge on any atom is 0.296 e. The first kappa shape index (κ1) is 12.8. The molecule has 2 aromatic rings. The molecule has 0 aliphatic carbocycles. The van der Waals surface area contributed by atoms with Gasteiger partial charge in [-0.3, -0.25) is 9.59 Å². The molecule has 20 heavy (non-hydrogen) atoms. The van der Waals surface area contributed by atoms with E-state index in [9.17, 15) is 14.0 Å². The molecule has 0 unspecified atom stereocenters. The predicted molar refractivity (Wildman–Crippen MR) is 75.8 cm³/mol. The summed E-state index contributed by atoms with van der Waals surface area (Å²) in [6.45, 7) is 0.557. The summed E-state index contributed by atoms with van der Waals surface area (Å²) >= 11 is 1.58. The van der Waals surface area contributed by atoms with E-state index in [0.717, 1.165) is 11.6 Å². The highest BCUT2D eigenvalue weighted by Crippen LogP contribution is 2.31. The van der Waals surface area contributed by atoms with Gasteiger partial charge < -0.3 is 10.2 Å². The van der Waals surface area contributed by atoms with E-state index < -0.39 is 17.5 Å². The Morgan fingerprint density at radius 3 is 2.85 bits per heavy atom. The first-order valence-electron chi connectivity index (χ1n) is 5.97. The number of ketones is 1. The number of Topliss-reactive ketones (excluding diaryl/α,β-unsaturated/α-hetero) is 1. The number of halogens is 1. The Hall–Kier alpha value is -2.21. The number of anilines is 2. The van der Waals surface area contributed by atoms with Crippen LogP contribution in [0.5, 0.6) is 0 Å². The van der Waals surface area contributed by atoms with Crippen molar-refractivity contribution < 1.29 is 14.0 Å². The third-order valence-corrected chi connectivity index (χ3v) is 3.93. The summed E-state index contributed by atoms with van der Waals surface area (Å²) < 4.78 is 14.1. The lowest BCUT2D eigenvalue weighted by Crippen LogP contribution is -2.17. The van der Waals surface area contributed by atoms with E-state index >= 15 is 0 Å². The normalized spacial score (nSPS) is 13.3. The van der Waals surface area contributed by atoms with Crippen LogP contribution < -0.4 is 10.2 Å². The number of fused-ring (bicyclic) bond motifs is 1. The number of hydrogen-bond donors (Lipinski definition) is 1. The van der Waals surface area contributed by atoms with Gasteiger partial charge in [0.05, 0.1) is 16.9 Å². The van der Waals surface area contributed by atoms with Crippen molar-refractivity contribution in [3.8, 4) is 0 Å². The van der Waals surface area contributed by atoms with Gasteiger partial charge in [-0.05, 0) is 34.5 Å². The number of carbonyl (C=O) groups excluding carboxylic acids is 2. The van der Waals surface area contributed by atoms with Crippen LogP contribution in [0.15, 0.2) is 29.0 Å². The van der Waals surface area contributed by atoms with Crippen LogP contribution in [-0.2, 0) is 11.3 Å². The van der Waals surface area contributed by atoms with Crippen molar-refractivity contribution in [3.63, 3.8) is 0 Å². The van der Waals surface area contributed by atoms with Gasteiger partial charge in [0.1, 0.15) is 5.82 Å². The number of benzene rings is 1. The average molecular weight is 290 g/mol. The molecule has 0 atom stereocenters. The molecule has 0 bridgehead atoms. The molecule has 1 amide bonds. The van der Waals surface area contributed by atoms with Crippen molar-refractivity contribution in [1.29, 1.82) is 0 Å². The minimum absolute atomic E-state index is 0.0974. The molecule has 2 heterocycles. The average Bonchev–Trinajstić information content (AvgIpc) is 3.00. The number of carbonyl (C=O) groups is 2. The molecule has 6 heteroatoms. The fraction of sp³-hybridized carbons (Fsp3) is 0.143. The van der Waals surface area contributed by atoms with Crippen molar-refractivity contribution >= 4 is 34.4 Å². The molecular weight excluding hydrogens is 279 g/mol. The Morgan fingerprint density at radius 2 is 2.15 bits per heavy atom. The van der Waals surface area contributed by atoms with Gasteiger partial charge in [0.25, 0.3) is 11.7 Å². The molecule has 0 radical (unpaired) electrons. The monoisotopic (exact) mass is 290 g/mol. The summed E-state index contributed by atoms with van der Waals surface area (Å²) in [5, 5.41) is 6.40. The van der Waals surface area contributed by atoms with E-state index in [-0.39, 0.29) is 5.56 Å². The Morgan fingerprint density at radius 1 is 1.35 bits per heavy atom. The first-order valence-corrected chi connectivity index (χ1v) is 6.92. The maximum atomic E-state index is 14.1. The number of nitrogens with one attached hydrogen (secondary N) is 1. The van der Waals surface area contributed by atoms with E-state index in [2.05, 4.69) is 5.32 Å². The lowest BCUT2D eigenvalue weighted by molar-refractivity contribution is -0.112. The Bertz CT molecular complexity index is 697. The molecule has 1 aliphatic rings. The second-order valence-electron chi connectivity index (χ2n) is 4.62. The van der Waals surface area contributed by atoms with Crippen LogP contribution in [0.3, 0.4) is 0 Å². The van der Waals surface area contributed by atoms with Crippen LogP contribution in [0.4, 0.5) is 15.8 Å². The Balaban J connectivity index is 1.93. The summed E-state index contributed by atoms with van der Waals surface area (Å²) in [7, 11) is 1.76. The smallest absolute Gasteiger partial charge is 0.296 e. The Kier molecular flexibility index (Phi) is 3.02. The maximum absolute atomic E-state index is 14.1. The number of nitrogens with zero attached hydrogens (tertiary/aromatic N) is 1. The van der Waals surface area contributed by atoms with Crippen LogP contribution >= 0.6 is 11.3 Å². The van der Waals surface area contributed by atoms with Crippen LogP contribution in [0, 0.1) is 5.82 Å². The van der Waals surface area contributed by atoms with E-state index in [4.69, 9.17) is 0 Å². The number of hydrogen-bond acceptors (Lipinski definition) is 4. The minimum Gasteiger partial charge on any atom is -0.368 e. The third kappa shape index (κ3) is 2.08. The van der Waals surface area contributed by atoms with Gasteiger partial charge in [-0.2, -0.15) is 11.3 Å². The van der Waals surface area contributed by atoms with Crippen LogP contribution in [0.2, 0.25) is 0 Å². The number of thiophene rings is 1. The molecular formula is C14H11FN2O2S. The minimum atomic E-state index is -0.711. The van der Waals surface area contributed by atoms with Gasteiger partial charge in [-0.15, -0.1) is 0 Å². The highest BCUT2D eigenvalue weighted by Gasteiger charge is 2.29. The van der Waals surface area contributed by atoms with E-state index in [1.54, 1.807) is 23.3 Å². The molecule has 0 saturated carbocycles. The first-order chi connectivity index (χ1) is 9.56. The van der Waals surface area contributed by atoms with Crippen LogP contribution in [0.25, 0.3) is 0 Å². The van der Waals surface area contributed by atoms with Gasteiger partial charge in [-0.25, -0.2) is 4.39 Å². The summed E-state index contributed by atoms with van der Waals surface area (Å²) in [6.07, 6.45) is 0. The van der Waals surface area contributed by atoms with Gasteiger partial charge >= 0.3 is 0 Å². The number of amides is 1. The summed E-state index contributed by atoms with van der Waals surface area (Å²) in [4.78, 5) is 24.5. The quantitative estimate of drug-likeness (QED) is 0.884. The standard InChI is InChI=1S/C14H11FN2O2S/c1-17(6-8-2-3-20-7-8)12-5-11-9(4-10(12)15)13(18)14(19)16-11/h2-5,7H,6H2,1H3,(H,16,18,19). The summed E-state index contributed by atoms with van der Waals surface area (Å²) in [6, 6.07) is 4.59. The predicted octanol–water partition coefficient (Wildman–Crippen LogP) is 2.66. The lowest BCUT2D eigenvalue weighted by Gasteiger charge is -2.20. The fourth-order valence-electron chi connectivity index (χ4n) is 2.19. The van der Waals surface area contributed by atoms with Gasteiger partial charge in [0.15, 0.2) is 0 Å². The molecule has 1 aromatic heterocycles. The summed E-state index contributed by atoms with van der Waals surface area (Å²) in [5.74, 6) is -1.91. The third-order valence-electron chi connectivity index (χ3n) is 3.20. The van der Waals surface area contributed by atoms with E-state index in [1.165, 1.54) is 6.07 Å². The topological polar surface area (TPSA) is 49.4 Å². The van der Waals surface area contributed by atoms with Crippen molar-refractivity contribution in [3.05, 3.63) is 45.9 Å². The molecule has 0 saturated heterocycles. The van der Waals surface area contributed by atoms with Crippen molar-refractivity contribution in [2.24, 2.45) is 0 Å². The van der Waals surface area contributed by atoms with Crippen molar-refractivity contribution in [2.75, 3.05) is 17.3 Å². The van der Waals surface area contributed by atoms with Crippen LogP contribution in [0.1, 0.15) is 15.9 Å². The van der Waals surface area contributed by atoms with Crippen molar-refractivity contribution in [1.82, 2.24) is 0 Å². The molecule has 102 valence electrons. The second kappa shape index (κ2) is 4.72. The highest BCUT2D eigenvalue weighted by atomic mass is 32.1. The second-order valence-corrected chi connectivity index (χ2v) is 5.40. The van der Waals surface area contributed by atoms with Gasteiger partial charge in [0, 0.05) is 13.6 Å². The van der Waals surface area contributed by atoms with Crippen LogP contribution in [-0.4, -0.2) is 18.7 Å². The molecule has 0 fully saturated rings. The zero-order chi connectivity index (χ0) is 14.3. The SMILES string of the molecule is CN(Cc1ccsc1)c1cc2c(cc1F)C(=O)C(=O)N2. The number of rotatable bonds is 3. The molecule has 1 N–H and O–H groups in total. The zero-order valence-electron chi connectivity index (χ0n) is 10.6. The molecule has 4 nitrogen and oxygen atoms in total. The largest absolute Gasteiger partial charge is 0.368 e.